The van der Waals surface area contributed by atoms with E-state index in [1.54, 1.807) is 6.20 Å². The van der Waals surface area contributed by atoms with Crippen LogP contribution in [0.2, 0.25) is 0 Å². The Morgan fingerprint density at radius 3 is 2.54 bits per heavy atom. The summed E-state index contributed by atoms with van der Waals surface area (Å²) in [4.78, 5) is 19.6. The maximum Gasteiger partial charge on any atom is 0.248 e. The lowest BCUT2D eigenvalue weighted by Crippen LogP contribution is -2.46. The number of aliphatic hydroxyl groups excluding tert-OH is 1. The molecule has 41 heavy (non-hydrogen) atoms. The fraction of sp³-hybridized carbons (Fsp3) is 0.484. The highest BCUT2D eigenvalue weighted by Crippen LogP contribution is 2.38. The molecule has 0 spiro atoms. The topological polar surface area (TPSA) is 79.6 Å². The van der Waals surface area contributed by atoms with Crippen molar-refractivity contribution in [3.05, 3.63) is 77.8 Å². The number of carbonyl (C=O) groups is 1. The number of nitrogens with one attached hydrogen (secondary N) is 1. The van der Waals surface area contributed by atoms with Gasteiger partial charge in [0.25, 0.3) is 0 Å². The number of benzene rings is 2. The Morgan fingerprint density at radius 2 is 1.88 bits per heavy atom. The number of imidazole rings is 1. The summed E-state index contributed by atoms with van der Waals surface area (Å²) in [6, 6.07) is 12.2. The molecule has 3 aromatic rings. The first-order valence-corrected chi connectivity index (χ1v) is 14.3. The minimum atomic E-state index is -1.13. The summed E-state index contributed by atoms with van der Waals surface area (Å²) in [5.41, 5.74) is 1.20. The van der Waals surface area contributed by atoms with Crippen LogP contribution in [0.5, 0.6) is 0 Å². The second kappa shape index (κ2) is 14.6. The number of nitrogens with zero attached hydrogens (tertiary/aromatic N) is 3. The van der Waals surface area contributed by atoms with Crippen LogP contribution in [0.1, 0.15) is 44.1 Å². The maximum absolute atomic E-state index is 14.9. The molecule has 1 aromatic heterocycles. The van der Waals surface area contributed by atoms with E-state index in [1.807, 2.05) is 48.7 Å². The third-order valence-electron chi connectivity index (χ3n) is 7.66. The molecule has 3 atom stereocenters. The quantitative estimate of drug-likeness (QED) is 0.387. The number of alkyl halides is 1. The van der Waals surface area contributed by atoms with E-state index in [4.69, 9.17) is 9.72 Å². The number of aromatic nitrogens is 2. The Kier molecular flexibility index (Phi) is 11.0. The van der Waals surface area contributed by atoms with Crippen LogP contribution in [0.15, 0.2) is 54.7 Å². The van der Waals surface area contributed by atoms with Crippen LogP contribution >= 0.6 is 0 Å². The predicted octanol–water partition coefficient (Wildman–Crippen LogP) is 4.75. The fourth-order valence-corrected chi connectivity index (χ4v) is 5.63. The summed E-state index contributed by atoms with van der Waals surface area (Å²) in [6.07, 6.45) is 1.80. The SMILES string of the molecule is CC.O=C(CO)N(C[C@@H]1CNC[C@@H]1F)[C@@H](c1nc(-c2cc(F)ccc2F)cn1Cc1ccccc1)C1CCOCC1. The maximum atomic E-state index is 14.9. The van der Waals surface area contributed by atoms with E-state index >= 15 is 0 Å². The van der Waals surface area contributed by atoms with Crippen molar-refractivity contribution in [1.82, 2.24) is 19.8 Å². The number of ether oxygens (including phenoxy) is 1. The highest BCUT2D eigenvalue weighted by Gasteiger charge is 2.39. The van der Waals surface area contributed by atoms with E-state index < -0.39 is 42.3 Å². The van der Waals surface area contributed by atoms with E-state index in [1.165, 1.54) is 4.90 Å². The minimum absolute atomic E-state index is 0.0117. The first kappa shape index (κ1) is 30.7. The number of rotatable bonds is 9. The Balaban J connectivity index is 0.00000189. The summed E-state index contributed by atoms with van der Waals surface area (Å²) in [6.45, 7) is 5.33. The summed E-state index contributed by atoms with van der Waals surface area (Å²) in [7, 11) is 0. The van der Waals surface area contributed by atoms with Gasteiger partial charge in [-0.05, 0) is 42.5 Å². The molecule has 0 saturated carbocycles. The Labute approximate surface area is 239 Å². The van der Waals surface area contributed by atoms with Crippen LogP contribution in [0.4, 0.5) is 13.2 Å². The summed E-state index contributed by atoms with van der Waals surface area (Å²) in [5, 5.41) is 13.0. The monoisotopic (exact) mass is 572 g/mol. The average Bonchev–Trinajstić information content (AvgIpc) is 3.61. The van der Waals surface area contributed by atoms with Gasteiger partial charge in [-0.1, -0.05) is 44.2 Å². The molecular formula is C31H39F3N4O3. The van der Waals surface area contributed by atoms with Gasteiger partial charge in [0.2, 0.25) is 5.91 Å². The third kappa shape index (κ3) is 7.36. The second-order valence-electron chi connectivity index (χ2n) is 10.3. The van der Waals surface area contributed by atoms with Crippen molar-refractivity contribution in [2.75, 3.05) is 39.5 Å². The van der Waals surface area contributed by atoms with Crippen LogP contribution in [-0.4, -0.2) is 71.1 Å². The van der Waals surface area contributed by atoms with E-state index in [2.05, 4.69) is 5.32 Å². The zero-order chi connectivity index (χ0) is 29.4. The molecule has 1 amide bonds. The number of amides is 1. The lowest BCUT2D eigenvalue weighted by molar-refractivity contribution is -0.140. The lowest BCUT2D eigenvalue weighted by atomic mass is 9.88. The average molecular weight is 573 g/mol. The van der Waals surface area contributed by atoms with Gasteiger partial charge in [-0.25, -0.2) is 18.2 Å². The van der Waals surface area contributed by atoms with Crippen LogP contribution in [-0.2, 0) is 16.1 Å². The number of hydrogen-bond acceptors (Lipinski definition) is 5. The number of hydrogen-bond donors (Lipinski definition) is 2. The molecule has 5 rings (SSSR count). The van der Waals surface area contributed by atoms with Crippen LogP contribution in [0.25, 0.3) is 11.3 Å². The molecule has 10 heteroatoms. The third-order valence-corrected chi connectivity index (χ3v) is 7.66. The van der Waals surface area contributed by atoms with Crippen LogP contribution in [0, 0.1) is 23.5 Å². The first-order chi connectivity index (χ1) is 19.9. The molecule has 3 heterocycles. The standard InChI is InChI=1S/C29H33F3N4O3.C2H6/c30-22-6-7-24(31)23(12-22)26-17-35(15-19-4-2-1-3-5-19)29(34-26)28(20-8-10-39-11-9-20)36(27(38)18-37)16-21-13-33-14-25(21)32;1-2/h1-7,12,17,20-21,25,28,33,37H,8-11,13-16,18H2;1-2H3/t21-,25-,28+;/m0./s1. The predicted molar refractivity (Wildman–Crippen MR) is 151 cm³/mol. The molecule has 0 radical (unpaired) electrons. The van der Waals surface area contributed by atoms with Crippen molar-refractivity contribution in [3.63, 3.8) is 0 Å². The molecule has 0 bridgehead atoms. The zero-order valence-corrected chi connectivity index (χ0v) is 23.6. The van der Waals surface area contributed by atoms with E-state index in [0.717, 1.165) is 23.8 Å². The fourth-order valence-electron chi connectivity index (χ4n) is 5.63. The highest BCUT2D eigenvalue weighted by molar-refractivity contribution is 5.77. The molecule has 0 unspecified atom stereocenters. The molecule has 2 N–H and O–H groups in total. The van der Waals surface area contributed by atoms with Gasteiger partial charge in [0, 0.05) is 57.1 Å². The van der Waals surface area contributed by atoms with Crippen molar-refractivity contribution in [2.45, 2.75) is 45.4 Å². The van der Waals surface area contributed by atoms with Gasteiger partial charge in [-0.2, -0.15) is 0 Å². The van der Waals surface area contributed by atoms with Crippen LogP contribution < -0.4 is 5.32 Å². The first-order valence-electron chi connectivity index (χ1n) is 14.3. The zero-order valence-electron chi connectivity index (χ0n) is 23.6. The number of halogens is 3. The number of carbonyl (C=O) groups excluding carboxylic acids is 1. The molecule has 7 nitrogen and oxygen atoms in total. The van der Waals surface area contributed by atoms with Gasteiger partial charge in [0.1, 0.15) is 30.2 Å². The molecule has 2 saturated heterocycles. The van der Waals surface area contributed by atoms with E-state index in [-0.39, 0.29) is 30.3 Å². The normalized spacial score (nSPS) is 19.9. The van der Waals surface area contributed by atoms with Gasteiger partial charge in [-0.3, -0.25) is 4.79 Å². The van der Waals surface area contributed by atoms with Crippen molar-refractivity contribution >= 4 is 5.91 Å². The minimum Gasteiger partial charge on any atom is -0.387 e. The molecule has 0 aliphatic carbocycles. The molecular weight excluding hydrogens is 533 g/mol. The number of aliphatic hydroxyl groups is 1. The van der Waals surface area contributed by atoms with E-state index in [9.17, 15) is 23.1 Å². The van der Waals surface area contributed by atoms with Crippen molar-refractivity contribution < 1.29 is 27.8 Å². The molecule has 2 aliphatic heterocycles. The molecule has 222 valence electrons. The molecule has 2 aliphatic rings. The second-order valence-corrected chi connectivity index (χ2v) is 10.3. The Bertz CT molecular complexity index is 1270. The van der Waals surface area contributed by atoms with Crippen molar-refractivity contribution in [2.24, 2.45) is 11.8 Å². The molecule has 2 fully saturated rings. The van der Waals surface area contributed by atoms with Gasteiger partial charge in [0.15, 0.2) is 0 Å². The van der Waals surface area contributed by atoms with Gasteiger partial charge in [0.05, 0.1) is 11.7 Å². The summed E-state index contributed by atoms with van der Waals surface area (Å²) in [5.74, 6) is -1.79. The van der Waals surface area contributed by atoms with Crippen molar-refractivity contribution in [3.8, 4) is 11.3 Å². The lowest BCUT2D eigenvalue weighted by Gasteiger charge is -2.39. The Hall–Kier alpha value is -3.21. The van der Waals surface area contributed by atoms with Gasteiger partial charge in [-0.15, -0.1) is 0 Å². The van der Waals surface area contributed by atoms with E-state index in [0.29, 0.717) is 45.0 Å². The van der Waals surface area contributed by atoms with Gasteiger partial charge >= 0.3 is 0 Å². The van der Waals surface area contributed by atoms with Crippen LogP contribution in [0.3, 0.4) is 0 Å². The molecule has 2 aromatic carbocycles. The Morgan fingerprint density at radius 1 is 1.15 bits per heavy atom. The summed E-state index contributed by atoms with van der Waals surface area (Å²) >= 11 is 0. The van der Waals surface area contributed by atoms with Crippen molar-refractivity contribution in [1.29, 1.82) is 0 Å². The highest BCUT2D eigenvalue weighted by atomic mass is 19.1. The summed E-state index contributed by atoms with van der Waals surface area (Å²) < 4.78 is 51.2. The largest absolute Gasteiger partial charge is 0.387 e. The van der Waals surface area contributed by atoms with Gasteiger partial charge < -0.3 is 24.6 Å². The smallest absolute Gasteiger partial charge is 0.248 e.